The van der Waals surface area contributed by atoms with E-state index in [2.05, 4.69) is 4.90 Å². The molecule has 27 heavy (non-hydrogen) atoms. The summed E-state index contributed by atoms with van der Waals surface area (Å²) >= 11 is 5.97. The fourth-order valence-electron chi connectivity index (χ4n) is 2.95. The summed E-state index contributed by atoms with van der Waals surface area (Å²) in [5.74, 6) is -0.148. The highest BCUT2D eigenvalue weighted by Gasteiger charge is 2.25. The lowest BCUT2D eigenvalue weighted by molar-refractivity contribution is 0.0664. The highest BCUT2D eigenvalue weighted by atomic mass is 35.5. The quantitative estimate of drug-likeness (QED) is 0.781. The van der Waals surface area contributed by atoms with Gasteiger partial charge in [-0.2, -0.15) is 0 Å². The molecule has 1 fully saturated rings. The fraction of sp³-hybridized carbons (Fsp3) is 0.316. The zero-order valence-corrected chi connectivity index (χ0v) is 16.9. The predicted molar refractivity (Wildman–Crippen MR) is 107 cm³/mol. The van der Waals surface area contributed by atoms with Gasteiger partial charge in [-0.05, 0) is 43.4 Å². The largest absolute Gasteiger partial charge is 0.336 e. The first-order chi connectivity index (χ1) is 12.8. The van der Waals surface area contributed by atoms with Crippen LogP contribution in [0, 0.1) is 0 Å². The Morgan fingerprint density at radius 1 is 1.04 bits per heavy atom. The van der Waals surface area contributed by atoms with Crippen LogP contribution in [0.5, 0.6) is 0 Å². The molecule has 0 N–H and O–H groups in total. The molecule has 0 aliphatic carbocycles. The summed E-state index contributed by atoms with van der Waals surface area (Å²) in [5.41, 5.74) is 0.832. The Kier molecular flexibility index (Phi) is 5.74. The van der Waals surface area contributed by atoms with Gasteiger partial charge in [0.05, 0.1) is 10.6 Å². The predicted octanol–water partition coefficient (Wildman–Crippen LogP) is 2.55. The molecule has 0 saturated carbocycles. The second-order valence-electron chi connectivity index (χ2n) is 6.58. The van der Waals surface area contributed by atoms with Crippen LogP contribution in [0.3, 0.4) is 0 Å². The number of anilines is 1. The maximum atomic E-state index is 13.0. The third-order valence-electron chi connectivity index (χ3n) is 4.70. The first kappa shape index (κ1) is 19.7. The fourth-order valence-corrected chi connectivity index (χ4v) is 4.37. The molecule has 1 saturated heterocycles. The van der Waals surface area contributed by atoms with Gasteiger partial charge in [0.1, 0.15) is 0 Å². The maximum absolute atomic E-state index is 13.0. The number of piperazine rings is 1. The van der Waals surface area contributed by atoms with E-state index in [1.807, 2.05) is 7.05 Å². The Bertz CT molecular complexity index is 941. The number of likely N-dealkylation sites (N-methyl/N-ethyl adjacent to an activating group) is 1. The normalized spacial score (nSPS) is 15.6. The number of sulfonamides is 1. The maximum Gasteiger partial charge on any atom is 0.264 e. The van der Waals surface area contributed by atoms with Crippen molar-refractivity contribution in [3.63, 3.8) is 0 Å². The summed E-state index contributed by atoms with van der Waals surface area (Å²) in [6.45, 7) is 2.88. The Labute approximate surface area is 165 Å². The summed E-state index contributed by atoms with van der Waals surface area (Å²) in [6, 6.07) is 12.8. The topological polar surface area (TPSA) is 60.9 Å². The van der Waals surface area contributed by atoms with Gasteiger partial charge >= 0.3 is 0 Å². The van der Waals surface area contributed by atoms with Gasteiger partial charge in [0.25, 0.3) is 15.9 Å². The van der Waals surface area contributed by atoms with E-state index < -0.39 is 10.0 Å². The first-order valence-corrected chi connectivity index (χ1v) is 10.4. The van der Waals surface area contributed by atoms with E-state index in [9.17, 15) is 13.2 Å². The number of carbonyl (C=O) groups is 1. The number of amides is 1. The molecule has 2 aromatic rings. The molecule has 0 bridgehead atoms. The number of benzene rings is 2. The van der Waals surface area contributed by atoms with E-state index in [0.717, 1.165) is 13.1 Å². The van der Waals surface area contributed by atoms with Crippen LogP contribution in [-0.4, -0.2) is 64.4 Å². The van der Waals surface area contributed by atoms with Gasteiger partial charge in [-0.15, -0.1) is 0 Å². The van der Waals surface area contributed by atoms with Crippen LogP contribution in [0.1, 0.15) is 10.4 Å². The molecule has 1 amide bonds. The van der Waals surface area contributed by atoms with E-state index in [1.165, 1.54) is 23.5 Å². The van der Waals surface area contributed by atoms with Crippen molar-refractivity contribution in [3.8, 4) is 0 Å². The molecule has 0 atom stereocenters. The lowest BCUT2D eigenvalue weighted by Crippen LogP contribution is -2.47. The van der Waals surface area contributed by atoms with Crippen LogP contribution in [-0.2, 0) is 10.0 Å². The van der Waals surface area contributed by atoms with E-state index in [0.29, 0.717) is 29.4 Å². The average Bonchev–Trinajstić information content (AvgIpc) is 2.67. The summed E-state index contributed by atoms with van der Waals surface area (Å²) in [6.07, 6.45) is 0. The number of rotatable bonds is 4. The van der Waals surface area contributed by atoms with Crippen molar-refractivity contribution in [1.82, 2.24) is 9.80 Å². The van der Waals surface area contributed by atoms with Crippen LogP contribution >= 0.6 is 11.6 Å². The van der Waals surface area contributed by atoms with Crippen LogP contribution in [0.15, 0.2) is 53.4 Å². The molecule has 3 rings (SSSR count). The van der Waals surface area contributed by atoms with Gasteiger partial charge in [-0.3, -0.25) is 9.10 Å². The number of hydrogen-bond donors (Lipinski definition) is 0. The Balaban J connectivity index is 1.86. The Morgan fingerprint density at radius 3 is 2.37 bits per heavy atom. The van der Waals surface area contributed by atoms with Crippen molar-refractivity contribution >= 4 is 33.2 Å². The molecule has 1 aliphatic rings. The third kappa shape index (κ3) is 4.26. The van der Waals surface area contributed by atoms with Crippen LogP contribution in [0.2, 0.25) is 5.02 Å². The Morgan fingerprint density at radius 2 is 1.70 bits per heavy atom. The molecule has 8 heteroatoms. The van der Waals surface area contributed by atoms with Crippen molar-refractivity contribution in [2.24, 2.45) is 0 Å². The molecule has 0 spiro atoms. The summed E-state index contributed by atoms with van der Waals surface area (Å²) in [7, 11) is -0.326. The second-order valence-corrected chi connectivity index (χ2v) is 8.98. The van der Waals surface area contributed by atoms with Gasteiger partial charge < -0.3 is 9.80 Å². The van der Waals surface area contributed by atoms with Crippen LogP contribution < -0.4 is 4.31 Å². The monoisotopic (exact) mass is 407 g/mol. The highest BCUT2D eigenvalue weighted by Crippen LogP contribution is 2.25. The molecule has 6 nitrogen and oxygen atoms in total. The molecule has 0 radical (unpaired) electrons. The zero-order chi connectivity index (χ0) is 19.6. The first-order valence-electron chi connectivity index (χ1n) is 8.61. The van der Waals surface area contributed by atoms with Crippen molar-refractivity contribution in [1.29, 1.82) is 0 Å². The average molecular weight is 408 g/mol. The van der Waals surface area contributed by atoms with E-state index in [1.54, 1.807) is 41.3 Å². The number of halogens is 1. The third-order valence-corrected chi connectivity index (χ3v) is 6.72. The van der Waals surface area contributed by atoms with Crippen molar-refractivity contribution in [3.05, 3.63) is 59.1 Å². The molecule has 2 aromatic carbocycles. The smallest absolute Gasteiger partial charge is 0.264 e. The highest BCUT2D eigenvalue weighted by molar-refractivity contribution is 7.92. The van der Waals surface area contributed by atoms with Gasteiger partial charge in [-0.1, -0.05) is 23.7 Å². The van der Waals surface area contributed by atoms with Gasteiger partial charge in [0, 0.05) is 43.8 Å². The van der Waals surface area contributed by atoms with Crippen molar-refractivity contribution in [2.45, 2.75) is 4.90 Å². The zero-order valence-electron chi connectivity index (χ0n) is 15.3. The van der Waals surface area contributed by atoms with Crippen molar-refractivity contribution in [2.75, 3.05) is 44.6 Å². The molecule has 0 unspecified atom stereocenters. The van der Waals surface area contributed by atoms with Crippen molar-refractivity contribution < 1.29 is 13.2 Å². The lowest BCUT2D eigenvalue weighted by atomic mass is 10.2. The molecule has 1 aliphatic heterocycles. The molecular formula is C19H22ClN3O3S. The summed E-state index contributed by atoms with van der Waals surface area (Å²) in [5, 5.41) is 0.452. The Hall–Kier alpha value is -2.09. The lowest BCUT2D eigenvalue weighted by Gasteiger charge is -2.32. The standard InChI is InChI=1S/C19H22ClN3O3S/c1-21-9-11-23(12-10-21)19(24)15-5-3-8-18(13-15)27(25,26)22(2)17-7-4-6-16(20)14-17/h3-8,13-14H,9-12H2,1-2H3. The molecule has 144 valence electrons. The van der Waals surface area contributed by atoms with Crippen LogP contribution in [0.25, 0.3) is 0 Å². The van der Waals surface area contributed by atoms with Gasteiger partial charge in [0.2, 0.25) is 0 Å². The van der Waals surface area contributed by atoms with Gasteiger partial charge in [0.15, 0.2) is 0 Å². The molecule has 1 heterocycles. The summed E-state index contributed by atoms with van der Waals surface area (Å²) < 4.78 is 27.1. The molecule has 0 aromatic heterocycles. The minimum absolute atomic E-state index is 0.0740. The SMILES string of the molecule is CN1CCN(C(=O)c2cccc(S(=O)(=O)N(C)c3cccc(Cl)c3)c2)CC1. The van der Waals surface area contributed by atoms with E-state index >= 15 is 0 Å². The minimum atomic E-state index is -3.81. The number of nitrogens with zero attached hydrogens (tertiary/aromatic N) is 3. The number of carbonyl (C=O) groups excluding carboxylic acids is 1. The van der Waals surface area contributed by atoms with Gasteiger partial charge in [-0.25, -0.2) is 8.42 Å². The minimum Gasteiger partial charge on any atom is -0.336 e. The van der Waals surface area contributed by atoms with Crippen LogP contribution in [0.4, 0.5) is 5.69 Å². The molecular weight excluding hydrogens is 386 g/mol. The number of hydrogen-bond acceptors (Lipinski definition) is 4. The van der Waals surface area contributed by atoms with E-state index in [4.69, 9.17) is 11.6 Å². The summed E-state index contributed by atoms with van der Waals surface area (Å²) in [4.78, 5) is 16.7. The second kappa shape index (κ2) is 7.88. The van der Waals surface area contributed by atoms with E-state index in [-0.39, 0.29) is 10.8 Å².